The molecule has 0 spiro atoms. The molecular weight excluding hydrogens is 124 g/mol. The molecule has 0 aliphatic heterocycles. The molecule has 0 bridgehead atoms. The van der Waals surface area contributed by atoms with E-state index in [9.17, 15) is 0 Å². The van der Waals surface area contributed by atoms with Gasteiger partial charge in [0.2, 0.25) is 0 Å². The second-order valence-electron chi connectivity index (χ2n) is 1.39. The quantitative estimate of drug-likeness (QED) is 0.586. The Hall–Kier alpha value is -1.05. The van der Waals surface area contributed by atoms with Gasteiger partial charge in [0.25, 0.3) is 0 Å². The van der Waals surface area contributed by atoms with Crippen LogP contribution in [0.15, 0.2) is 29.5 Å². The van der Waals surface area contributed by atoms with Crippen molar-refractivity contribution in [1.82, 2.24) is 0 Å². The molecule has 0 heterocycles. The van der Waals surface area contributed by atoms with Crippen LogP contribution in [0.4, 0.5) is 0 Å². The molecule has 0 aliphatic carbocycles. The highest BCUT2D eigenvalue weighted by Crippen LogP contribution is 1.74. The standard InChI is InChI=1S/C6H10N2.C2H6/c1-3-8-5-4-6(2)7;1-2/h3-5H,1,7H2,2H3;1-2H3/b6-4-,8-5?;. The fourth-order valence-electron chi connectivity index (χ4n) is 0.221. The van der Waals surface area contributed by atoms with Gasteiger partial charge < -0.3 is 5.73 Å². The SMILES string of the molecule is C=CN=C/C=C(/C)N.CC. The Morgan fingerprint density at radius 2 is 2.00 bits per heavy atom. The van der Waals surface area contributed by atoms with E-state index in [0.29, 0.717) is 0 Å². The molecule has 10 heavy (non-hydrogen) atoms. The van der Waals surface area contributed by atoms with E-state index in [-0.39, 0.29) is 0 Å². The molecule has 0 radical (unpaired) electrons. The van der Waals surface area contributed by atoms with Gasteiger partial charge in [-0.15, -0.1) is 0 Å². The number of hydrogen-bond acceptors (Lipinski definition) is 2. The van der Waals surface area contributed by atoms with Crippen LogP contribution in [0.2, 0.25) is 0 Å². The molecule has 0 rings (SSSR count). The fraction of sp³-hybridized carbons (Fsp3) is 0.375. The lowest BCUT2D eigenvalue weighted by atomic mass is 10.5. The maximum Gasteiger partial charge on any atom is 0.0284 e. The zero-order valence-corrected chi connectivity index (χ0v) is 6.96. The third-order valence-corrected chi connectivity index (χ3v) is 0.529. The van der Waals surface area contributed by atoms with E-state index >= 15 is 0 Å². The van der Waals surface area contributed by atoms with Gasteiger partial charge >= 0.3 is 0 Å². The van der Waals surface area contributed by atoms with Crippen LogP contribution in [0.5, 0.6) is 0 Å². The first-order valence-electron chi connectivity index (χ1n) is 3.34. The summed E-state index contributed by atoms with van der Waals surface area (Å²) in [4.78, 5) is 3.69. The van der Waals surface area contributed by atoms with Crippen LogP contribution < -0.4 is 5.73 Å². The third kappa shape index (κ3) is 15.8. The Morgan fingerprint density at radius 3 is 2.30 bits per heavy atom. The van der Waals surface area contributed by atoms with E-state index in [1.165, 1.54) is 6.20 Å². The zero-order chi connectivity index (χ0) is 8.41. The average molecular weight is 140 g/mol. The normalized spacial score (nSPS) is 10.5. The summed E-state index contributed by atoms with van der Waals surface area (Å²) in [6, 6.07) is 0. The highest BCUT2D eigenvalue weighted by Gasteiger charge is 1.67. The average Bonchev–Trinajstić information content (AvgIpc) is 1.92. The molecule has 0 aromatic carbocycles. The molecule has 0 aromatic heterocycles. The Labute approximate surface area is 63.2 Å². The van der Waals surface area contributed by atoms with E-state index in [4.69, 9.17) is 5.73 Å². The van der Waals surface area contributed by atoms with Gasteiger partial charge in [0.1, 0.15) is 0 Å². The van der Waals surface area contributed by atoms with Crippen molar-refractivity contribution >= 4 is 6.21 Å². The topological polar surface area (TPSA) is 38.4 Å². The van der Waals surface area contributed by atoms with Crippen LogP contribution in [0.1, 0.15) is 20.8 Å². The number of allylic oxidation sites excluding steroid dienone is 2. The smallest absolute Gasteiger partial charge is 0.0284 e. The third-order valence-electron chi connectivity index (χ3n) is 0.529. The highest BCUT2D eigenvalue weighted by atomic mass is 14.7. The number of nitrogens with zero attached hydrogens (tertiary/aromatic N) is 1. The minimum atomic E-state index is 0.746. The molecule has 0 amide bonds. The number of aliphatic imine (C=N–C) groups is 1. The fourth-order valence-corrected chi connectivity index (χ4v) is 0.221. The van der Waals surface area contributed by atoms with Gasteiger partial charge in [-0.2, -0.15) is 0 Å². The lowest BCUT2D eigenvalue weighted by Crippen LogP contribution is -1.89. The molecule has 0 saturated carbocycles. The Bertz CT molecular complexity index is 119. The van der Waals surface area contributed by atoms with Crippen LogP contribution in [-0.4, -0.2) is 6.21 Å². The molecule has 0 fully saturated rings. The molecular formula is C8H16N2. The Kier molecular flexibility index (Phi) is 12.7. The lowest BCUT2D eigenvalue weighted by Gasteiger charge is -1.79. The second-order valence-corrected chi connectivity index (χ2v) is 1.39. The van der Waals surface area contributed by atoms with Crippen molar-refractivity contribution in [2.24, 2.45) is 10.7 Å². The summed E-state index contributed by atoms with van der Waals surface area (Å²) in [6.07, 6.45) is 4.77. The van der Waals surface area contributed by atoms with Crippen molar-refractivity contribution in [3.8, 4) is 0 Å². The predicted octanol–water partition coefficient (Wildman–Crippen LogP) is 2.09. The zero-order valence-electron chi connectivity index (χ0n) is 6.96. The largest absolute Gasteiger partial charge is 0.402 e. The number of nitrogens with two attached hydrogens (primary N) is 1. The van der Waals surface area contributed by atoms with Crippen molar-refractivity contribution in [3.05, 3.63) is 24.6 Å². The first kappa shape index (κ1) is 11.7. The van der Waals surface area contributed by atoms with Crippen molar-refractivity contribution in [2.45, 2.75) is 20.8 Å². The van der Waals surface area contributed by atoms with Crippen LogP contribution in [0.25, 0.3) is 0 Å². The van der Waals surface area contributed by atoms with Gasteiger partial charge in [-0.3, -0.25) is 4.99 Å². The lowest BCUT2D eigenvalue weighted by molar-refractivity contribution is 1.33. The first-order valence-corrected chi connectivity index (χ1v) is 3.34. The highest BCUT2D eigenvalue weighted by molar-refractivity contribution is 5.72. The summed E-state index contributed by atoms with van der Waals surface area (Å²) in [5.41, 5.74) is 6.01. The molecule has 2 N–H and O–H groups in total. The maximum atomic E-state index is 5.27. The summed E-state index contributed by atoms with van der Waals surface area (Å²) in [5.74, 6) is 0. The van der Waals surface area contributed by atoms with Crippen LogP contribution >= 0.6 is 0 Å². The van der Waals surface area contributed by atoms with Gasteiger partial charge in [-0.25, -0.2) is 0 Å². The van der Waals surface area contributed by atoms with Crippen molar-refractivity contribution in [2.75, 3.05) is 0 Å². The summed E-state index contributed by atoms with van der Waals surface area (Å²) in [5, 5.41) is 0. The summed E-state index contributed by atoms with van der Waals surface area (Å²) < 4.78 is 0. The molecule has 2 nitrogen and oxygen atoms in total. The minimum Gasteiger partial charge on any atom is -0.402 e. The molecule has 0 aliphatic rings. The van der Waals surface area contributed by atoms with Crippen LogP contribution in [0, 0.1) is 0 Å². The number of hydrogen-bond donors (Lipinski definition) is 1. The molecule has 0 aromatic rings. The van der Waals surface area contributed by atoms with Crippen molar-refractivity contribution in [1.29, 1.82) is 0 Å². The van der Waals surface area contributed by atoms with Gasteiger partial charge in [-0.05, 0) is 13.0 Å². The molecule has 58 valence electrons. The molecule has 2 heteroatoms. The molecule has 0 atom stereocenters. The van der Waals surface area contributed by atoms with E-state index in [0.717, 1.165) is 5.70 Å². The molecule has 0 unspecified atom stereocenters. The van der Waals surface area contributed by atoms with Crippen LogP contribution in [-0.2, 0) is 0 Å². The van der Waals surface area contributed by atoms with E-state index in [1.807, 2.05) is 13.8 Å². The van der Waals surface area contributed by atoms with Gasteiger partial charge in [0.05, 0.1) is 0 Å². The predicted molar refractivity (Wildman–Crippen MR) is 48.0 cm³/mol. The number of rotatable bonds is 2. The maximum absolute atomic E-state index is 5.27. The summed E-state index contributed by atoms with van der Waals surface area (Å²) in [6.45, 7) is 9.19. The van der Waals surface area contributed by atoms with Crippen molar-refractivity contribution in [3.63, 3.8) is 0 Å². The first-order chi connectivity index (χ1) is 4.77. The van der Waals surface area contributed by atoms with Gasteiger partial charge in [0.15, 0.2) is 0 Å². The van der Waals surface area contributed by atoms with Gasteiger partial charge in [0, 0.05) is 18.1 Å². The Morgan fingerprint density at radius 1 is 1.50 bits per heavy atom. The Balaban J connectivity index is 0. The monoisotopic (exact) mass is 140 g/mol. The van der Waals surface area contributed by atoms with E-state index < -0.39 is 0 Å². The summed E-state index contributed by atoms with van der Waals surface area (Å²) >= 11 is 0. The van der Waals surface area contributed by atoms with E-state index in [1.54, 1.807) is 19.2 Å². The summed E-state index contributed by atoms with van der Waals surface area (Å²) in [7, 11) is 0. The van der Waals surface area contributed by atoms with Crippen LogP contribution in [0.3, 0.4) is 0 Å². The minimum absolute atomic E-state index is 0.746. The van der Waals surface area contributed by atoms with E-state index in [2.05, 4.69) is 11.6 Å². The van der Waals surface area contributed by atoms with Crippen molar-refractivity contribution < 1.29 is 0 Å². The second kappa shape index (κ2) is 10.8. The molecule has 0 saturated heterocycles. The van der Waals surface area contributed by atoms with Gasteiger partial charge in [-0.1, -0.05) is 20.4 Å².